The van der Waals surface area contributed by atoms with Crippen molar-refractivity contribution in [3.63, 3.8) is 0 Å². The molecule has 2 aromatic carbocycles. The van der Waals surface area contributed by atoms with E-state index in [9.17, 15) is 9.59 Å². The average molecular weight is 343 g/mol. The molecule has 0 radical (unpaired) electrons. The van der Waals surface area contributed by atoms with Crippen LogP contribution >= 0.6 is 0 Å². The first-order valence-corrected chi connectivity index (χ1v) is 8.03. The zero-order valence-electron chi connectivity index (χ0n) is 14.0. The number of para-hydroxylation sites is 2. The van der Waals surface area contributed by atoms with E-state index in [1.807, 2.05) is 19.1 Å². The summed E-state index contributed by atoms with van der Waals surface area (Å²) in [6, 6.07) is 14.2. The van der Waals surface area contributed by atoms with Crippen LogP contribution in [0, 0.1) is 0 Å². The van der Waals surface area contributed by atoms with Gasteiger partial charge in [0.2, 0.25) is 0 Å². The SMILES string of the molecule is CCOc1ccccc1OCC(=O)Nc1ccc(CCC(=O)O)cc1. The summed E-state index contributed by atoms with van der Waals surface area (Å²) in [5.74, 6) is -0.00412. The fourth-order valence-electron chi connectivity index (χ4n) is 2.19. The van der Waals surface area contributed by atoms with Crippen LogP contribution in [-0.2, 0) is 16.0 Å². The number of carboxylic acids is 1. The lowest BCUT2D eigenvalue weighted by atomic mass is 10.1. The maximum absolute atomic E-state index is 12.0. The molecule has 0 bridgehead atoms. The molecule has 0 saturated heterocycles. The first kappa shape index (κ1) is 18.3. The summed E-state index contributed by atoms with van der Waals surface area (Å²) in [4.78, 5) is 22.6. The fourth-order valence-corrected chi connectivity index (χ4v) is 2.19. The first-order valence-electron chi connectivity index (χ1n) is 8.03. The Bertz CT molecular complexity index is 712. The third-order valence-corrected chi connectivity index (χ3v) is 3.37. The summed E-state index contributed by atoms with van der Waals surface area (Å²) in [7, 11) is 0. The van der Waals surface area contributed by atoms with Gasteiger partial charge in [-0.15, -0.1) is 0 Å². The number of anilines is 1. The van der Waals surface area contributed by atoms with Gasteiger partial charge in [0.25, 0.3) is 5.91 Å². The second-order valence-electron chi connectivity index (χ2n) is 5.31. The molecular formula is C19H21NO5. The molecule has 2 rings (SSSR count). The van der Waals surface area contributed by atoms with E-state index in [2.05, 4.69) is 5.32 Å². The van der Waals surface area contributed by atoms with E-state index < -0.39 is 5.97 Å². The Balaban J connectivity index is 1.85. The molecule has 0 aliphatic carbocycles. The van der Waals surface area contributed by atoms with Crippen molar-refractivity contribution in [2.24, 2.45) is 0 Å². The van der Waals surface area contributed by atoms with Gasteiger partial charge in [-0.25, -0.2) is 0 Å². The molecule has 6 heteroatoms. The summed E-state index contributed by atoms with van der Waals surface area (Å²) in [5, 5.41) is 11.4. The zero-order valence-corrected chi connectivity index (χ0v) is 14.0. The predicted molar refractivity (Wildman–Crippen MR) is 94.1 cm³/mol. The van der Waals surface area contributed by atoms with Crippen LogP contribution in [0.3, 0.4) is 0 Å². The van der Waals surface area contributed by atoms with Crippen LogP contribution in [0.2, 0.25) is 0 Å². The monoisotopic (exact) mass is 343 g/mol. The third-order valence-electron chi connectivity index (χ3n) is 3.37. The number of carbonyl (C=O) groups is 2. The number of carbonyl (C=O) groups excluding carboxylic acids is 1. The molecule has 0 aliphatic rings. The predicted octanol–water partition coefficient (Wildman–Crippen LogP) is 3.12. The molecule has 0 fully saturated rings. The van der Waals surface area contributed by atoms with Gasteiger partial charge in [0.15, 0.2) is 18.1 Å². The van der Waals surface area contributed by atoms with Gasteiger partial charge < -0.3 is 19.9 Å². The van der Waals surface area contributed by atoms with Crippen LogP contribution in [0.15, 0.2) is 48.5 Å². The summed E-state index contributed by atoms with van der Waals surface area (Å²) in [5.41, 5.74) is 1.54. The Morgan fingerprint density at radius 2 is 1.64 bits per heavy atom. The second-order valence-corrected chi connectivity index (χ2v) is 5.31. The summed E-state index contributed by atoms with van der Waals surface area (Å²) >= 11 is 0. The molecule has 25 heavy (non-hydrogen) atoms. The minimum absolute atomic E-state index is 0.0821. The molecule has 0 heterocycles. The normalized spacial score (nSPS) is 10.1. The molecule has 2 aromatic rings. The minimum Gasteiger partial charge on any atom is -0.490 e. The summed E-state index contributed by atoms with van der Waals surface area (Å²) in [6.07, 6.45) is 0.541. The van der Waals surface area contributed by atoms with Crippen LogP contribution < -0.4 is 14.8 Å². The highest BCUT2D eigenvalue weighted by molar-refractivity contribution is 5.91. The number of benzene rings is 2. The Labute approximate surface area is 146 Å². The lowest BCUT2D eigenvalue weighted by molar-refractivity contribution is -0.137. The molecular weight excluding hydrogens is 322 g/mol. The zero-order chi connectivity index (χ0) is 18.1. The van der Waals surface area contributed by atoms with Crippen molar-refractivity contribution >= 4 is 17.6 Å². The van der Waals surface area contributed by atoms with Crippen molar-refractivity contribution in [2.75, 3.05) is 18.5 Å². The number of rotatable bonds is 9. The highest BCUT2D eigenvalue weighted by atomic mass is 16.5. The third kappa shape index (κ3) is 6.18. The Morgan fingerprint density at radius 3 is 2.24 bits per heavy atom. The van der Waals surface area contributed by atoms with Gasteiger partial charge in [0.1, 0.15) is 0 Å². The van der Waals surface area contributed by atoms with E-state index in [4.69, 9.17) is 14.6 Å². The lowest BCUT2D eigenvalue weighted by Gasteiger charge is -2.11. The highest BCUT2D eigenvalue weighted by Gasteiger charge is 2.08. The lowest BCUT2D eigenvalue weighted by Crippen LogP contribution is -2.20. The number of amides is 1. The van der Waals surface area contributed by atoms with Crippen molar-refractivity contribution in [3.05, 3.63) is 54.1 Å². The standard InChI is InChI=1S/C19H21NO5/c1-2-24-16-5-3-4-6-17(16)25-13-18(21)20-15-10-7-14(8-11-15)9-12-19(22)23/h3-8,10-11H,2,9,12-13H2,1H3,(H,20,21)(H,22,23). The van der Waals surface area contributed by atoms with Crippen molar-refractivity contribution in [3.8, 4) is 11.5 Å². The quantitative estimate of drug-likeness (QED) is 0.731. The van der Waals surface area contributed by atoms with Crippen LogP contribution in [0.25, 0.3) is 0 Å². The van der Waals surface area contributed by atoms with Gasteiger partial charge in [-0.2, -0.15) is 0 Å². The fraction of sp³-hybridized carbons (Fsp3) is 0.263. The smallest absolute Gasteiger partial charge is 0.303 e. The molecule has 0 aromatic heterocycles. The van der Waals surface area contributed by atoms with Gasteiger partial charge in [0, 0.05) is 12.1 Å². The molecule has 0 atom stereocenters. The number of aryl methyl sites for hydroxylation is 1. The van der Waals surface area contributed by atoms with Gasteiger partial charge in [-0.05, 0) is 43.2 Å². The molecule has 0 spiro atoms. The van der Waals surface area contributed by atoms with Crippen LogP contribution in [-0.4, -0.2) is 30.2 Å². The topological polar surface area (TPSA) is 84.9 Å². The molecule has 6 nitrogen and oxygen atoms in total. The van der Waals surface area contributed by atoms with Gasteiger partial charge in [-0.1, -0.05) is 24.3 Å². The molecule has 132 valence electrons. The molecule has 0 aliphatic heterocycles. The second kappa shape index (κ2) is 9.32. The summed E-state index contributed by atoms with van der Waals surface area (Å²) < 4.78 is 11.0. The van der Waals surface area contributed by atoms with Crippen LogP contribution in [0.4, 0.5) is 5.69 Å². The van der Waals surface area contributed by atoms with E-state index in [0.29, 0.717) is 30.2 Å². The van der Waals surface area contributed by atoms with Crippen molar-refractivity contribution in [2.45, 2.75) is 19.8 Å². The van der Waals surface area contributed by atoms with Gasteiger partial charge >= 0.3 is 5.97 Å². The highest BCUT2D eigenvalue weighted by Crippen LogP contribution is 2.26. The van der Waals surface area contributed by atoms with Crippen molar-refractivity contribution in [1.29, 1.82) is 0 Å². The van der Waals surface area contributed by atoms with E-state index in [1.54, 1.807) is 36.4 Å². The number of ether oxygens (including phenoxy) is 2. The van der Waals surface area contributed by atoms with Crippen LogP contribution in [0.5, 0.6) is 11.5 Å². The molecule has 0 unspecified atom stereocenters. The van der Waals surface area contributed by atoms with Crippen LogP contribution in [0.1, 0.15) is 18.9 Å². The number of hydrogen-bond donors (Lipinski definition) is 2. The summed E-state index contributed by atoms with van der Waals surface area (Å²) in [6.45, 7) is 2.26. The first-order chi connectivity index (χ1) is 12.1. The van der Waals surface area contributed by atoms with Crippen molar-refractivity contribution < 1.29 is 24.2 Å². The van der Waals surface area contributed by atoms with Gasteiger partial charge in [0.05, 0.1) is 6.61 Å². The number of carboxylic acid groups (broad SMARTS) is 1. The molecule has 0 saturated carbocycles. The number of aliphatic carboxylic acids is 1. The van der Waals surface area contributed by atoms with E-state index in [-0.39, 0.29) is 18.9 Å². The maximum Gasteiger partial charge on any atom is 0.303 e. The molecule has 1 amide bonds. The molecule has 2 N–H and O–H groups in total. The average Bonchev–Trinajstić information content (AvgIpc) is 2.60. The minimum atomic E-state index is -0.832. The largest absolute Gasteiger partial charge is 0.490 e. The number of hydrogen-bond acceptors (Lipinski definition) is 4. The van der Waals surface area contributed by atoms with Crippen molar-refractivity contribution in [1.82, 2.24) is 0 Å². The Morgan fingerprint density at radius 1 is 1.00 bits per heavy atom. The maximum atomic E-state index is 12.0. The van der Waals surface area contributed by atoms with Gasteiger partial charge in [-0.3, -0.25) is 9.59 Å². The van der Waals surface area contributed by atoms with E-state index >= 15 is 0 Å². The Hall–Kier alpha value is -3.02. The number of nitrogens with one attached hydrogen (secondary N) is 1. The Kier molecular flexibility index (Phi) is 6.83. The van der Waals surface area contributed by atoms with E-state index in [0.717, 1.165) is 5.56 Å². The van der Waals surface area contributed by atoms with E-state index in [1.165, 1.54) is 0 Å².